The molecule has 0 aliphatic rings. The van der Waals surface area contributed by atoms with Gasteiger partial charge >= 0.3 is 42.1 Å². The second kappa shape index (κ2) is 18.5. The van der Waals surface area contributed by atoms with Gasteiger partial charge in [0.1, 0.15) is 0 Å². The van der Waals surface area contributed by atoms with Crippen molar-refractivity contribution in [2.24, 2.45) is 0 Å². The van der Waals surface area contributed by atoms with Crippen molar-refractivity contribution in [2.45, 2.75) is 79.1 Å². The van der Waals surface area contributed by atoms with Crippen molar-refractivity contribution in [3.8, 4) is 51.5 Å². The van der Waals surface area contributed by atoms with Crippen molar-refractivity contribution < 1.29 is 51.6 Å². The van der Waals surface area contributed by atoms with Crippen molar-refractivity contribution in [2.75, 3.05) is 0 Å². The summed E-state index contributed by atoms with van der Waals surface area (Å²) in [6.07, 6.45) is 7.18. The molecule has 0 radical (unpaired) electrons. The molecule has 0 aliphatic carbocycles. The first-order valence-corrected chi connectivity index (χ1v) is 19.6. The summed E-state index contributed by atoms with van der Waals surface area (Å²) in [6.45, 7) is 17.3. The largest absolute Gasteiger partial charge is 2.00 e. The minimum absolute atomic E-state index is 0. The first-order valence-electron chi connectivity index (χ1n) is 19.6. The van der Waals surface area contributed by atoms with Crippen molar-refractivity contribution in [3.05, 3.63) is 150 Å². The summed E-state index contributed by atoms with van der Waals surface area (Å²) in [7, 11) is 0. The Labute approximate surface area is 376 Å². The van der Waals surface area contributed by atoms with E-state index in [9.17, 15) is 0 Å². The van der Waals surface area contributed by atoms with Gasteiger partial charge in [0.15, 0.2) is 0 Å². The van der Waals surface area contributed by atoms with Crippen LogP contribution in [0.4, 0.5) is 0 Å². The number of ether oxygens (including phenoxy) is 2. The molecule has 4 heterocycles. The molecule has 0 N–H and O–H groups in total. The molecule has 0 spiro atoms. The normalized spacial score (nSPS) is 11.4. The van der Waals surface area contributed by atoms with Crippen molar-refractivity contribution in [3.63, 3.8) is 0 Å². The standard InChI is InChI=1S/C50H45N5O2.2Pt/c1-30(2)34-18-22-51-44(24-34)36-10-14-40(32(5)6)48(26-36)56-38-12-16-42-43-17-13-39(29-47(43)55(46(42)28-38)50-53-20-9-21-54-50)57-49-27-37(11-15-41(49)33(7)8)45-25-35(31(3)4)19-23-52-45;;/h9-25,30-33H,1-8H3;;/q-4;2*+2. The van der Waals surface area contributed by atoms with Gasteiger partial charge in [-0.05, 0) is 41.4 Å². The summed E-state index contributed by atoms with van der Waals surface area (Å²) < 4.78 is 15.3. The molecule has 0 saturated carbocycles. The van der Waals surface area contributed by atoms with Crippen LogP contribution in [-0.2, 0) is 42.1 Å². The number of pyridine rings is 2. The van der Waals surface area contributed by atoms with Crippen LogP contribution in [0.3, 0.4) is 0 Å². The Morgan fingerprint density at radius 3 is 1.32 bits per heavy atom. The van der Waals surface area contributed by atoms with E-state index >= 15 is 0 Å². The molecule has 0 aliphatic heterocycles. The van der Waals surface area contributed by atoms with E-state index in [4.69, 9.17) is 9.47 Å². The van der Waals surface area contributed by atoms with Crippen molar-refractivity contribution >= 4 is 21.8 Å². The van der Waals surface area contributed by atoms with Gasteiger partial charge < -0.3 is 24.0 Å². The molecule has 0 bridgehead atoms. The smallest absolute Gasteiger partial charge is 0.503 e. The Kier molecular flexibility index (Phi) is 13.7. The molecule has 8 aromatic rings. The molecule has 0 atom stereocenters. The van der Waals surface area contributed by atoms with Gasteiger partial charge in [-0.25, -0.2) is 9.97 Å². The third-order valence-corrected chi connectivity index (χ3v) is 10.3. The summed E-state index contributed by atoms with van der Waals surface area (Å²) in [5.74, 6) is 4.03. The number of aromatic nitrogens is 5. The average molecular weight is 1140 g/mol. The van der Waals surface area contributed by atoms with Crippen molar-refractivity contribution in [1.82, 2.24) is 24.5 Å². The molecule has 302 valence electrons. The predicted octanol–water partition coefficient (Wildman–Crippen LogP) is 13.0. The first-order chi connectivity index (χ1) is 27.5. The van der Waals surface area contributed by atoms with Gasteiger partial charge in [0.25, 0.3) is 0 Å². The quantitative estimate of drug-likeness (QED) is 0.120. The SMILES string of the molecule is CC(C)c1ccnc(-c2[c-]c(Oc3[c-]c4c(cc3)c3ccc(Oc5[c-]c(-c6cc(C(C)C)ccn6)ccc5C(C)C)[c-]c3n4-c3ncccn3)c(C(C)C)cc2)c1.[Pt+2].[Pt+2]. The number of rotatable bonds is 11. The molecule has 9 heteroatoms. The van der Waals surface area contributed by atoms with Crippen LogP contribution in [0.25, 0.3) is 50.3 Å². The van der Waals surface area contributed by atoms with E-state index in [0.717, 1.165) is 55.4 Å². The zero-order valence-electron chi connectivity index (χ0n) is 34.3. The predicted molar refractivity (Wildman–Crippen MR) is 228 cm³/mol. The van der Waals surface area contributed by atoms with Gasteiger partial charge in [-0.15, -0.1) is 59.7 Å². The Hall–Kier alpha value is -4.96. The van der Waals surface area contributed by atoms with E-state index in [1.54, 1.807) is 18.5 Å². The zero-order valence-corrected chi connectivity index (χ0v) is 38.9. The summed E-state index contributed by atoms with van der Waals surface area (Å²) in [5, 5.41) is 1.91. The van der Waals surface area contributed by atoms with Crippen LogP contribution in [0.5, 0.6) is 23.0 Å². The zero-order chi connectivity index (χ0) is 39.8. The maximum Gasteiger partial charge on any atom is 2.00 e. The first kappa shape index (κ1) is 43.6. The Morgan fingerprint density at radius 1 is 0.475 bits per heavy atom. The van der Waals surface area contributed by atoms with Gasteiger partial charge in [-0.3, -0.25) is 0 Å². The maximum atomic E-state index is 6.67. The average Bonchev–Trinajstić information content (AvgIpc) is 3.53. The molecule has 0 saturated heterocycles. The Morgan fingerprint density at radius 2 is 0.915 bits per heavy atom. The van der Waals surface area contributed by atoms with E-state index < -0.39 is 0 Å². The third-order valence-electron chi connectivity index (χ3n) is 10.3. The van der Waals surface area contributed by atoms with Gasteiger partial charge in [0.2, 0.25) is 5.95 Å². The molecule has 0 amide bonds. The monoisotopic (exact) mass is 1140 g/mol. The van der Waals surface area contributed by atoms with Crippen LogP contribution in [-0.4, -0.2) is 24.5 Å². The number of hydrogen-bond acceptors (Lipinski definition) is 6. The molecule has 59 heavy (non-hydrogen) atoms. The van der Waals surface area contributed by atoms with Gasteiger partial charge in [-0.1, -0.05) is 125 Å². The summed E-state index contributed by atoms with van der Waals surface area (Å²) >= 11 is 0. The topological polar surface area (TPSA) is 75.0 Å². The molecule has 0 unspecified atom stereocenters. The van der Waals surface area contributed by atoms with Crippen molar-refractivity contribution in [1.29, 1.82) is 0 Å². The second-order valence-corrected chi connectivity index (χ2v) is 15.6. The van der Waals surface area contributed by atoms with E-state index in [0.29, 0.717) is 40.8 Å². The maximum absolute atomic E-state index is 6.67. The number of fused-ring (bicyclic) bond motifs is 3. The minimum atomic E-state index is 0. The van der Waals surface area contributed by atoms with Crippen LogP contribution < -0.4 is 9.47 Å². The van der Waals surface area contributed by atoms with Crippen LogP contribution in [0, 0.1) is 24.3 Å². The fraction of sp³-hybridized carbons (Fsp3) is 0.240. The third kappa shape index (κ3) is 9.13. The summed E-state index contributed by atoms with van der Waals surface area (Å²) in [6, 6.07) is 40.7. The van der Waals surface area contributed by atoms with E-state index in [2.05, 4.69) is 160 Å². The fourth-order valence-corrected chi connectivity index (χ4v) is 7.03. The molecular weight excluding hydrogens is 1090 g/mol. The van der Waals surface area contributed by atoms with Gasteiger partial charge in [0, 0.05) is 47.8 Å². The minimum Gasteiger partial charge on any atom is -0.503 e. The molecular formula is C50H45N5O2Pt2. The number of hydrogen-bond donors (Lipinski definition) is 0. The van der Waals surface area contributed by atoms with Gasteiger partial charge in [0.05, 0.1) is 0 Å². The Balaban J connectivity index is 0.00000293. The van der Waals surface area contributed by atoms with E-state index in [1.165, 1.54) is 11.1 Å². The fourth-order valence-electron chi connectivity index (χ4n) is 7.03. The molecule has 8 rings (SSSR count). The molecule has 4 aromatic heterocycles. The van der Waals surface area contributed by atoms with E-state index in [1.807, 2.05) is 29.1 Å². The number of benzene rings is 4. The second-order valence-electron chi connectivity index (χ2n) is 15.6. The van der Waals surface area contributed by atoms with E-state index in [-0.39, 0.29) is 54.0 Å². The Bertz CT molecular complexity index is 2560. The van der Waals surface area contributed by atoms with Crippen LogP contribution in [0.15, 0.2) is 104 Å². The van der Waals surface area contributed by atoms with Crippen LogP contribution in [0.1, 0.15) is 101 Å². The number of nitrogens with zero attached hydrogens (tertiary/aromatic N) is 5. The summed E-state index contributed by atoms with van der Waals surface area (Å²) in [5.41, 5.74) is 9.49. The molecule has 7 nitrogen and oxygen atoms in total. The van der Waals surface area contributed by atoms with Gasteiger partial charge in [-0.2, -0.15) is 22.9 Å². The molecule has 4 aromatic carbocycles. The molecule has 0 fully saturated rings. The van der Waals surface area contributed by atoms with Crippen LogP contribution >= 0.6 is 0 Å². The van der Waals surface area contributed by atoms with Crippen LogP contribution in [0.2, 0.25) is 0 Å². The summed E-state index contributed by atoms with van der Waals surface area (Å²) in [4.78, 5) is 18.6.